The lowest BCUT2D eigenvalue weighted by atomic mass is 10.0. The summed E-state index contributed by atoms with van der Waals surface area (Å²) in [6, 6.07) is 0. The summed E-state index contributed by atoms with van der Waals surface area (Å²) in [5.74, 6) is 3.33. The average Bonchev–Trinajstić information content (AvgIpc) is 2.25. The van der Waals surface area contributed by atoms with Crippen LogP contribution in [-0.2, 0) is 0 Å². The lowest BCUT2D eigenvalue weighted by molar-refractivity contribution is 0.457. The molecule has 2 heteroatoms. The van der Waals surface area contributed by atoms with Crippen LogP contribution < -0.4 is 0 Å². The van der Waals surface area contributed by atoms with Gasteiger partial charge in [-0.15, -0.1) is 17.1 Å². The summed E-state index contributed by atoms with van der Waals surface area (Å²) in [6.07, 6.45) is 0. The molecule has 0 heterocycles. The number of rotatable bonds is 0. The van der Waals surface area contributed by atoms with E-state index in [0.717, 1.165) is 0 Å². The standard InChI is InChI=1S/C12H21ClSi/c1-10(2)11(3,4)12(10,13)8-9-14(5,6)7/h1-7H3. The van der Waals surface area contributed by atoms with Gasteiger partial charge in [0.15, 0.2) is 0 Å². The zero-order valence-corrected chi connectivity index (χ0v) is 12.1. The minimum atomic E-state index is -1.30. The summed E-state index contributed by atoms with van der Waals surface area (Å²) in [4.78, 5) is -0.305. The lowest BCUT2D eigenvalue weighted by Gasteiger charge is -2.07. The van der Waals surface area contributed by atoms with E-state index in [2.05, 4.69) is 58.8 Å². The van der Waals surface area contributed by atoms with Crippen molar-refractivity contribution >= 4 is 19.7 Å². The summed E-state index contributed by atoms with van der Waals surface area (Å²) in [6.45, 7) is 15.6. The molecule has 80 valence electrons. The first kappa shape index (κ1) is 12.1. The fourth-order valence-corrected chi connectivity index (χ4v) is 2.94. The van der Waals surface area contributed by atoms with Gasteiger partial charge in [0, 0.05) is 10.8 Å². The van der Waals surface area contributed by atoms with Crippen LogP contribution in [0.3, 0.4) is 0 Å². The summed E-state index contributed by atoms with van der Waals surface area (Å²) < 4.78 is 0. The monoisotopic (exact) mass is 228 g/mol. The van der Waals surface area contributed by atoms with Crippen molar-refractivity contribution in [3.05, 3.63) is 0 Å². The van der Waals surface area contributed by atoms with Crippen molar-refractivity contribution in [3.8, 4) is 11.5 Å². The molecule has 1 fully saturated rings. The highest BCUT2D eigenvalue weighted by Gasteiger charge is 2.76. The zero-order valence-electron chi connectivity index (χ0n) is 10.4. The van der Waals surface area contributed by atoms with Crippen molar-refractivity contribution < 1.29 is 0 Å². The molecular formula is C12H21ClSi. The van der Waals surface area contributed by atoms with Gasteiger partial charge in [0.1, 0.15) is 12.9 Å². The Balaban J connectivity index is 2.97. The van der Waals surface area contributed by atoms with E-state index in [-0.39, 0.29) is 15.7 Å². The smallest absolute Gasteiger partial charge is 0.129 e. The van der Waals surface area contributed by atoms with Crippen molar-refractivity contribution in [3.63, 3.8) is 0 Å². The summed E-state index contributed by atoms with van der Waals surface area (Å²) in [5, 5.41) is 0. The van der Waals surface area contributed by atoms with Crippen LogP contribution in [-0.4, -0.2) is 12.9 Å². The molecule has 0 atom stereocenters. The van der Waals surface area contributed by atoms with Gasteiger partial charge in [-0.3, -0.25) is 0 Å². The normalized spacial score (nSPS) is 26.3. The molecule has 14 heavy (non-hydrogen) atoms. The Labute approximate surface area is 94.4 Å². The van der Waals surface area contributed by atoms with E-state index < -0.39 is 8.07 Å². The van der Waals surface area contributed by atoms with E-state index in [1.54, 1.807) is 0 Å². The van der Waals surface area contributed by atoms with E-state index in [0.29, 0.717) is 0 Å². The van der Waals surface area contributed by atoms with Crippen LogP contribution in [0.25, 0.3) is 0 Å². The summed E-state index contributed by atoms with van der Waals surface area (Å²) in [5.41, 5.74) is 3.66. The van der Waals surface area contributed by atoms with Crippen molar-refractivity contribution in [2.75, 3.05) is 0 Å². The van der Waals surface area contributed by atoms with Crippen LogP contribution in [0.5, 0.6) is 0 Å². The molecule has 0 radical (unpaired) electrons. The third-order valence-corrected chi connectivity index (χ3v) is 5.75. The summed E-state index contributed by atoms with van der Waals surface area (Å²) >= 11 is 6.58. The SMILES string of the molecule is CC1(C)C(C)(C)C1(Cl)C#C[Si](C)(C)C. The third-order valence-electron chi connectivity index (χ3n) is 3.83. The first-order valence-corrected chi connectivity index (χ1v) is 9.07. The second kappa shape index (κ2) is 2.80. The molecule has 0 aliphatic heterocycles. The highest BCUT2D eigenvalue weighted by Crippen LogP contribution is 2.74. The molecule has 0 aromatic carbocycles. The van der Waals surface area contributed by atoms with Crippen molar-refractivity contribution in [2.45, 2.75) is 52.2 Å². The molecule has 0 bridgehead atoms. The van der Waals surface area contributed by atoms with Crippen LogP contribution in [0, 0.1) is 22.3 Å². The molecule has 0 aromatic heterocycles. The van der Waals surface area contributed by atoms with Gasteiger partial charge < -0.3 is 0 Å². The fraction of sp³-hybridized carbons (Fsp3) is 0.833. The molecular weight excluding hydrogens is 208 g/mol. The fourth-order valence-electron chi connectivity index (χ4n) is 1.83. The van der Waals surface area contributed by atoms with Gasteiger partial charge in [0.05, 0.1) is 0 Å². The second-order valence-electron chi connectivity index (χ2n) is 6.41. The molecule has 1 saturated carbocycles. The van der Waals surface area contributed by atoms with Gasteiger partial charge in [-0.05, 0) is 0 Å². The number of halogens is 1. The van der Waals surface area contributed by atoms with Crippen molar-refractivity contribution in [1.29, 1.82) is 0 Å². The lowest BCUT2D eigenvalue weighted by Crippen LogP contribution is -2.18. The Bertz CT molecular complexity index is 295. The molecule has 1 rings (SSSR count). The Morgan fingerprint density at radius 3 is 1.50 bits per heavy atom. The Kier molecular flexibility index (Phi) is 2.43. The molecule has 0 aromatic rings. The summed E-state index contributed by atoms with van der Waals surface area (Å²) in [7, 11) is -1.30. The van der Waals surface area contributed by atoms with Gasteiger partial charge in [0.2, 0.25) is 0 Å². The first-order valence-electron chi connectivity index (χ1n) is 5.19. The Hall–Kier alpha value is 0.0669. The predicted octanol–water partition coefficient (Wildman–Crippen LogP) is 3.91. The molecule has 0 amide bonds. The molecule has 0 nitrogen and oxygen atoms in total. The molecule has 0 saturated heterocycles. The van der Waals surface area contributed by atoms with Crippen LogP contribution in [0.1, 0.15) is 27.7 Å². The Morgan fingerprint density at radius 1 is 0.929 bits per heavy atom. The van der Waals surface area contributed by atoms with E-state index in [9.17, 15) is 0 Å². The van der Waals surface area contributed by atoms with Crippen LogP contribution in [0.4, 0.5) is 0 Å². The van der Waals surface area contributed by atoms with E-state index in [1.165, 1.54) is 0 Å². The van der Waals surface area contributed by atoms with Gasteiger partial charge in [-0.2, -0.15) is 0 Å². The van der Waals surface area contributed by atoms with E-state index in [4.69, 9.17) is 11.6 Å². The second-order valence-corrected chi connectivity index (χ2v) is 11.7. The van der Waals surface area contributed by atoms with Crippen LogP contribution >= 0.6 is 11.6 Å². The van der Waals surface area contributed by atoms with Crippen molar-refractivity contribution in [1.82, 2.24) is 0 Å². The van der Waals surface area contributed by atoms with Crippen LogP contribution in [0.15, 0.2) is 0 Å². The molecule has 1 aliphatic carbocycles. The largest absolute Gasteiger partial charge is 0.130 e. The van der Waals surface area contributed by atoms with Crippen molar-refractivity contribution in [2.24, 2.45) is 10.8 Å². The maximum absolute atomic E-state index is 6.58. The molecule has 0 spiro atoms. The van der Waals surface area contributed by atoms with Gasteiger partial charge in [-0.1, -0.05) is 53.3 Å². The maximum Gasteiger partial charge on any atom is 0.129 e. The first-order chi connectivity index (χ1) is 5.96. The highest BCUT2D eigenvalue weighted by atomic mass is 35.5. The van der Waals surface area contributed by atoms with E-state index in [1.807, 2.05) is 0 Å². The van der Waals surface area contributed by atoms with Gasteiger partial charge in [0.25, 0.3) is 0 Å². The molecule has 1 aliphatic rings. The van der Waals surface area contributed by atoms with E-state index >= 15 is 0 Å². The predicted molar refractivity (Wildman–Crippen MR) is 67.3 cm³/mol. The van der Waals surface area contributed by atoms with Gasteiger partial charge in [-0.25, -0.2) is 0 Å². The quantitative estimate of drug-likeness (QED) is 0.335. The Morgan fingerprint density at radius 2 is 1.29 bits per heavy atom. The minimum Gasteiger partial charge on any atom is -0.130 e. The number of alkyl halides is 1. The highest BCUT2D eigenvalue weighted by molar-refractivity contribution is 6.84. The maximum atomic E-state index is 6.58. The minimum absolute atomic E-state index is 0.133. The zero-order chi connectivity index (χ0) is 11.4. The number of hydrogen-bond donors (Lipinski definition) is 0. The van der Waals surface area contributed by atoms with Crippen LogP contribution in [0.2, 0.25) is 19.6 Å². The molecule has 0 unspecified atom stereocenters. The average molecular weight is 229 g/mol. The number of hydrogen-bond acceptors (Lipinski definition) is 0. The topological polar surface area (TPSA) is 0 Å². The third kappa shape index (κ3) is 1.44. The van der Waals surface area contributed by atoms with Gasteiger partial charge >= 0.3 is 0 Å². The molecule has 0 N–H and O–H groups in total.